The number of nitrogens with zero attached hydrogens (tertiary/aromatic N) is 7. The zero-order valence-electron chi connectivity index (χ0n) is 20.3. The number of nitriles is 1. The molecular weight excluding hydrogens is 533 g/mol. The van der Waals surface area contributed by atoms with Gasteiger partial charge in [-0.25, -0.2) is 9.97 Å². The summed E-state index contributed by atoms with van der Waals surface area (Å²) in [4.78, 5) is 17.7. The first kappa shape index (κ1) is 24.9. The monoisotopic (exact) mass is 560 g/mol. The third-order valence-corrected chi connectivity index (χ3v) is 11.4. The van der Waals surface area contributed by atoms with Gasteiger partial charge in [0.1, 0.15) is 10.6 Å². The molecule has 37 heavy (non-hydrogen) atoms. The molecule has 196 valence electrons. The minimum Gasteiger partial charge on any atom is -0.391 e. The van der Waals surface area contributed by atoms with Crippen molar-refractivity contribution in [3.05, 3.63) is 22.5 Å². The molecule has 0 aromatic carbocycles. The number of nitrogens with one attached hydrogen (secondary N) is 1. The van der Waals surface area contributed by atoms with Crippen molar-refractivity contribution < 1.29 is 13.5 Å². The number of thiazole rings is 1. The summed E-state index contributed by atoms with van der Waals surface area (Å²) in [7, 11) is -1.58. The van der Waals surface area contributed by atoms with Crippen molar-refractivity contribution in [1.82, 2.24) is 23.6 Å². The molecule has 0 radical (unpaired) electrons. The van der Waals surface area contributed by atoms with Crippen LogP contribution in [0, 0.1) is 17.2 Å². The van der Waals surface area contributed by atoms with E-state index in [1.54, 1.807) is 21.8 Å². The van der Waals surface area contributed by atoms with Crippen LogP contribution in [0.3, 0.4) is 0 Å². The highest BCUT2D eigenvalue weighted by Crippen LogP contribution is 2.41. The highest BCUT2D eigenvalue weighted by molar-refractivity contribution is 7.86. The molecule has 3 atom stereocenters. The van der Waals surface area contributed by atoms with E-state index in [0.717, 1.165) is 34.4 Å². The lowest BCUT2D eigenvalue weighted by Crippen LogP contribution is -2.64. The van der Waals surface area contributed by atoms with Gasteiger partial charge in [0.2, 0.25) is 5.95 Å². The summed E-state index contributed by atoms with van der Waals surface area (Å²) in [5, 5.41) is 25.3. The Hall–Kier alpha value is -2.41. The van der Waals surface area contributed by atoms with E-state index in [1.165, 1.54) is 15.6 Å². The average molecular weight is 561 g/mol. The number of thiophene rings is 1. The molecule has 0 saturated carbocycles. The Morgan fingerprint density at radius 1 is 1.27 bits per heavy atom. The molecule has 6 rings (SSSR count). The van der Waals surface area contributed by atoms with E-state index in [2.05, 4.69) is 21.3 Å². The molecule has 0 aliphatic carbocycles. The number of rotatable bonds is 7. The second-order valence-corrected chi connectivity index (χ2v) is 13.7. The minimum absolute atomic E-state index is 0.0572. The molecule has 3 saturated heterocycles. The van der Waals surface area contributed by atoms with Crippen molar-refractivity contribution in [2.45, 2.75) is 56.8 Å². The van der Waals surface area contributed by atoms with Gasteiger partial charge >= 0.3 is 0 Å². The van der Waals surface area contributed by atoms with E-state index >= 15 is 0 Å². The fourth-order valence-electron chi connectivity index (χ4n) is 5.64. The number of piperidine rings is 2. The number of aliphatic hydroxyl groups is 1. The van der Waals surface area contributed by atoms with Crippen molar-refractivity contribution in [2.24, 2.45) is 5.92 Å². The molecule has 0 amide bonds. The lowest BCUT2D eigenvalue weighted by molar-refractivity contribution is 0.0930. The highest BCUT2D eigenvalue weighted by Gasteiger charge is 2.50. The predicted molar refractivity (Wildman–Crippen MR) is 143 cm³/mol. The Bertz CT molecular complexity index is 1430. The Morgan fingerprint density at radius 3 is 2.70 bits per heavy atom. The van der Waals surface area contributed by atoms with Crippen LogP contribution in [0.2, 0.25) is 0 Å². The average Bonchev–Trinajstić information content (AvgIpc) is 3.51. The molecule has 3 fully saturated rings. The molecule has 0 spiro atoms. The van der Waals surface area contributed by atoms with Gasteiger partial charge in [0.05, 0.1) is 28.9 Å². The van der Waals surface area contributed by atoms with Gasteiger partial charge in [0, 0.05) is 44.5 Å². The Kier molecular flexibility index (Phi) is 6.54. The van der Waals surface area contributed by atoms with Crippen LogP contribution in [0.1, 0.15) is 37.0 Å². The van der Waals surface area contributed by atoms with Crippen LogP contribution in [0.15, 0.2) is 17.6 Å². The van der Waals surface area contributed by atoms with E-state index in [0.29, 0.717) is 42.8 Å². The smallest absolute Gasteiger partial charge is 0.282 e. The largest absolute Gasteiger partial charge is 0.391 e. The van der Waals surface area contributed by atoms with Crippen molar-refractivity contribution in [2.75, 3.05) is 30.4 Å². The standard InChI is InChI=1S/C23H28N8O3S3/c1-29(22-26-20(19-5-6-35-21(19)28-22)27-23-25-10-18(13-32)36-23)17-7-15-3-2-4-16(8-17)31(15)37(33,34)30-11-14(9-24)12-30/h5-6,10,14-17,32H,2-4,7-8,11-13H2,1H3,(H,25,26,27,28)/t15-,16+,17?. The molecule has 11 nitrogen and oxygen atoms in total. The lowest BCUT2D eigenvalue weighted by atomic mass is 9.83. The number of aromatic nitrogens is 3. The maximum atomic E-state index is 13.4. The molecule has 6 heterocycles. The highest BCUT2D eigenvalue weighted by atomic mass is 32.2. The Morgan fingerprint density at radius 2 is 2.03 bits per heavy atom. The van der Waals surface area contributed by atoms with E-state index in [4.69, 9.17) is 15.2 Å². The molecule has 3 aromatic heterocycles. The van der Waals surface area contributed by atoms with E-state index < -0.39 is 10.2 Å². The number of hydrogen-bond donors (Lipinski definition) is 2. The second-order valence-electron chi connectivity index (χ2n) is 9.88. The van der Waals surface area contributed by atoms with Crippen LogP contribution in [-0.4, -0.2) is 75.3 Å². The third kappa shape index (κ3) is 4.47. The normalized spacial score (nSPS) is 25.1. The molecule has 14 heteroatoms. The summed E-state index contributed by atoms with van der Waals surface area (Å²) >= 11 is 2.92. The molecule has 1 unspecified atom stereocenters. The molecule has 3 aromatic rings. The quantitative estimate of drug-likeness (QED) is 0.447. The second kappa shape index (κ2) is 9.72. The number of anilines is 3. The van der Waals surface area contributed by atoms with E-state index in [1.807, 2.05) is 18.5 Å². The molecule has 3 aliphatic heterocycles. The summed E-state index contributed by atoms with van der Waals surface area (Å²) in [6.07, 6.45) is 5.77. The molecular formula is C23H28N8O3S3. The number of fused-ring (bicyclic) bond motifs is 3. The van der Waals surface area contributed by atoms with E-state index in [9.17, 15) is 13.5 Å². The summed E-state index contributed by atoms with van der Waals surface area (Å²) in [6.45, 7) is 0.529. The SMILES string of the molecule is CN(c1nc(Nc2ncc(CO)s2)c2ccsc2n1)C1C[C@H]2CCC[C@@H](C1)N2S(=O)(=O)N1CC(C#N)C1. The Labute approximate surface area is 223 Å². The maximum absolute atomic E-state index is 13.4. The van der Waals surface area contributed by atoms with Gasteiger partial charge in [-0.15, -0.1) is 11.3 Å². The van der Waals surface area contributed by atoms with Crippen LogP contribution in [0.25, 0.3) is 10.2 Å². The van der Waals surface area contributed by atoms with E-state index in [-0.39, 0.29) is 30.7 Å². The van der Waals surface area contributed by atoms with Gasteiger partial charge in [-0.1, -0.05) is 17.8 Å². The van der Waals surface area contributed by atoms with Crippen molar-refractivity contribution in [3.8, 4) is 6.07 Å². The lowest BCUT2D eigenvalue weighted by Gasteiger charge is -2.51. The van der Waals surface area contributed by atoms with Gasteiger partial charge < -0.3 is 15.3 Å². The van der Waals surface area contributed by atoms with Crippen LogP contribution in [-0.2, 0) is 16.8 Å². The van der Waals surface area contributed by atoms with Crippen LogP contribution < -0.4 is 10.2 Å². The van der Waals surface area contributed by atoms with Gasteiger partial charge in [0.25, 0.3) is 10.2 Å². The predicted octanol–water partition coefficient (Wildman–Crippen LogP) is 2.91. The Balaban J connectivity index is 1.24. The molecule has 3 aliphatic rings. The zero-order valence-corrected chi connectivity index (χ0v) is 22.8. The topological polar surface area (TPSA) is 139 Å². The summed E-state index contributed by atoms with van der Waals surface area (Å²) < 4.78 is 30.1. The minimum atomic E-state index is -3.57. The fourth-order valence-corrected chi connectivity index (χ4v) is 9.21. The summed E-state index contributed by atoms with van der Waals surface area (Å²) in [5.74, 6) is 1.05. The fraction of sp³-hybridized carbons (Fsp3) is 0.565. The van der Waals surface area contributed by atoms with Gasteiger partial charge in [-0.2, -0.15) is 27.3 Å². The number of aliphatic hydroxyl groups excluding tert-OH is 1. The first-order valence-corrected chi connectivity index (χ1v) is 15.5. The zero-order chi connectivity index (χ0) is 25.7. The molecule has 2 bridgehead atoms. The first-order chi connectivity index (χ1) is 17.9. The van der Waals surface area contributed by atoms with Crippen LogP contribution in [0.5, 0.6) is 0 Å². The van der Waals surface area contributed by atoms with Crippen molar-refractivity contribution in [3.63, 3.8) is 0 Å². The molecule has 2 N–H and O–H groups in total. The van der Waals surface area contributed by atoms with Crippen LogP contribution in [0.4, 0.5) is 16.9 Å². The van der Waals surface area contributed by atoms with Gasteiger partial charge in [-0.05, 0) is 37.1 Å². The number of hydrogen-bond acceptors (Lipinski definition) is 11. The van der Waals surface area contributed by atoms with Crippen LogP contribution >= 0.6 is 22.7 Å². The van der Waals surface area contributed by atoms with Gasteiger partial charge in [-0.3, -0.25) is 0 Å². The maximum Gasteiger partial charge on any atom is 0.282 e. The summed E-state index contributed by atoms with van der Waals surface area (Å²) in [5.41, 5.74) is 0. The third-order valence-electron chi connectivity index (χ3n) is 7.62. The summed E-state index contributed by atoms with van der Waals surface area (Å²) in [6, 6.07) is 4.12. The van der Waals surface area contributed by atoms with Gasteiger partial charge in [0.15, 0.2) is 5.13 Å². The van der Waals surface area contributed by atoms with Crippen molar-refractivity contribution in [1.29, 1.82) is 5.26 Å². The first-order valence-electron chi connectivity index (χ1n) is 12.4. The van der Waals surface area contributed by atoms with Crippen molar-refractivity contribution >= 4 is 60.0 Å².